The van der Waals surface area contributed by atoms with Crippen molar-refractivity contribution in [1.82, 2.24) is 5.09 Å². The van der Waals surface area contributed by atoms with Crippen LogP contribution < -0.4 is 5.09 Å². The Morgan fingerprint density at radius 2 is 1.71 bits per heavy atom. The molecule has 1 atom stereocenters. The SMILES string of the molecule is CCNP(=S)(OC)O/C(C)=C/C(=O)OC(C)C.COP(=O)(OC)OC=C(Cl)Cl. The van der Waals surface area contributed by atoms with Crippen LogP contribution in [0.3, 0.4) is 0 Å². The number of nitrogens with one attached hydrogen (secondary N) is 1. The Kier molecular flexibility index (Phi) is 16.8. The normalized spacial score (nSPS) is 13.7. The first-order valence-corrected chi connectivity index (χ1v) is 12.6. The molecule has 9 nitrogen and oxygen atoms in total. The topological polar surface area (TPSA) is 102 Å². The minimum absolute atomic E-state index is 0.161. The average molecular weight is 502 g/mol. The number of hydrogen-bond acceptors (Lipinski definition) is 9. The number of allylic oxidation sites excluding steroid dienone is 1. The molecule has 166 valence electrons. The van der Waals surface area contributed by atoms with Gasteiger partial charge in [0.25, 0.3) is 0 Å². The summed E-state index contributed by atoms with van der Waals surface area (Å²) in [7, 11) is 0.357. The van der Waals surface area contributed by atoms with Gasteiger partial charge in [0.15, 0.2) is 0 Å². The average Bonchev–Trinajstić information content (AvgIpc) is 2.59. The summed E-state index contributed by atoms with van der Waals surface area (Å²) in [5.41, 5.74) is 0. The third-order valence-electron chi connectivity index (χ3n) is 2.25. The molecule has 0 radical (unpaired) electrons. The van der Waals surface area contributed by atoms with E-state index in [0.717, 1.165) is 6.26 Å². The summed E-state index contributed by atoms with van der Waals surface area (Å²) in [6.45, 7) is 5.19. The number of phosphoric acid groups is 1. The first-order valence-electron chi connectivity index (χ1n) is 7.77. The number of carbonyl (C=O) groups is 1. The Morgan fingerprint density at radius 3 is 2.07 bits per heavy atom. The number of rotatable bonds is 11. The number of carbonyl (C=O) groups excluding carboxylic acids is 1. The lowest BCUT2D eigenvalue weighted by Crippen LogP contribution is -2.13. The van der Waals surface area contributed by atoms with E-state index in [1.807, 2.05) is 6.92 Å². The number of phosphoric ester groups is 1. The van der Waals surface area contributed by atoms with Gasteiger partial charge in [0, 0.05) is 27.9 Å². The minimum Gasteiger partial charge on any atom is -0.460 e. The quantitative estimate of drug-likeness (QED) is 0.179. The second-order valence-corrected chi connectivity index (χ2v) is 11.0. The predicted octanol–water partition coefficient (Wildman–Crippen LogP) is 5.02. The zero-order chi connectivity index (χ0) is 22.4. The Morgan fingerprint density at radius 1 is 1.18 bits per heavy atom. The van der Waals surface area contributed by atoms with E-state index < -0.39 is 20.4 Å². The van der Waals surface area contributed by atoms with Gasteiger partial charge in [-0.1, -0.05) is 30.1 Å². The van der Waals surface area contributed by atoms with Crippen molar-refractivity contribution in [2.24, 2.45) is 0 Å². The van der Waals surface area contributed by atoms with Crippen LogP contribution in [0.15, 0.2) is 22.6 Å². The molecule has 0 fully saturated rings. The van der Waals surface area contributed by atoms with Crippen LogP contribution in [0.4, 0.5) is 0 Å². The molecule has 0 spiro atoms. The largest absolute Gasteiger partial charge is 0.529 e. The molecule has 0 bridgehead atoms. The van der Waals surface area contributed by atoms with E-state index in [2.05, 4.69) is 18.7 Å². The van der Waals surface area contributed by atoms with Crippen LogP contribution >= 0.6 is 37.7 Å². The summed E-state index contributed by atoms with van der Waals surface area (Å²) < 4.78 is 39.6. The van der Waals surface area contributed by atoms with Gasteiger partial charge in [-0.2, -0.15) is 0 Å². The van der Waals surface area contributed by atoms with Gasteiger partial charge in [-0.15, -0.1) is 0 Å². The number of hydrogen-bond donors (Lipinski definition) is 1. The van der Waals surface area contributed by atoms with Crippen LogP contribution in [0.5, 0.6) is 0 Å². The highest BCUT2D eigenvalue weighted by Gasteiger charge is 2.22. The maximum absolute atomic E-state index is 11.3. The molecule has 0 rings (SSSR count). The highest BCUT2D eigenvalue weighted by Crippen LogP contribution is 2.48. The van der Waals surface area contributed by atoms with Gasteiger partial charge >= 0.3 is 20.4 Å². The lowest BCUT2D eigenvalue weighted by molar-refractivity contribution is -0.141. The standard InChI is InChI=1S/C10H20NO4PS.C4H7Cl2O4P/c1-6-11-16(17,13-5)15-9(4)7-10(12)14-8(2)3;1-8-11(7,9-2)10-3-4(5)6/h7-8H,6H2,1-5H3,(H,11,17);3H,1-2H3/b9-7+;. The lowest BCUT2D eigenvalue weighted by Gasteiger charge is -2.21. The minimum atomic E-state index is -3.48. The monoisotopic (exact) mass is 501 g/mol. The van der Waals surface area contributed by atoms with Gasteiger partial charge in [0.05, 0.1) is 12.2 Å². The molecule has 0 heterocycles. The summed E-state index contributed by atoms with van der Waals surface area (Å²) >= 11 is 15.5. The molecule has 14 heteroatoms. The summed E-state index contributed by atoms with van der Waals surface area (Å²) in [5.74, 6) is -0.0755. The first-order chi connectivity index (χ1) is 12.9. The number of ether oxygens (including phenoxy) is 1. The van der Waals surface area contributed by atoms with E-state index in [-0.39, 0.29) is 10.6 Å². The van der Waals surface area contributed by atoms with Crippen molar-refractivity contribution < 1.29 is 36.7 Å². The maximum Gasteiger partial charge on any atom is 0.529 e. The smallest absolute Gasteiger partial charge is 0.460 e. The van der Waals surface area contributed by atoms with Gasteiger partial charge in [-0.3, -0.25) is 9.05 Å². The molecule has 0 aromatic carbocycles. The van der Waals surface area contributed by atoms with Crippen LogP contribution in [0, 0.1) is 0 Å². The van der Waals surface area contributed by atoms with Gasteiger partial charge in [-0.25, -0.2) is 14.4 Å². The first kappa shape index (κ1) is 30.0. The Balaban J connectivity index is 0. The Bertz CT molecular complexity index is 618. The second-order valence-electron chi connectivity index (χ2n) is 4.85. The second kappa shape index (κ2) is 15.7. The van der Waals surface area contributed by atoms with Crippen molar-refractivity contribution >= 4 is 55.4 Å². The fraction of sp³-hybridized carbons (Fsp3) is 0.643. The third-order valence-corrected chi connectivity index (χ3v) is 6.45. The summed E-state index contributed by atoms with van der Waals surface area (Å²) in [6.07, 6.45) is 1.97. The molecule has 0 saturated heterocycles. The summed E-state index contributed by atoms with van der Waals surface area (Å²) in [6, 6.07) is 0. The molecule has 0 amide bonds. The molecule has 0 saturated carbocycles. The van der Waals surface area contributed by atoms with Gasteiger partial charge < -0.3 is 18.3 Å². The van der Waals surface area contributed by atoms with Gasteiger partial charge in [-0.05, 0) is 32.6 Å². The van der Waals surface area contributed by atoms with Crippen LogP contribution in [0.25, 0.3) is 0 Å². The molecule has 0 aliphatic rings. The van der Waals surface area contributed by atoms with E-state index in [1.165, 1.54) is 27.4 Å². The van der Waals surface area contributed by atoms with E-state index in [0.29, 0.717) is 12.3 Å². The van der Waals surface area contributed by atoms with Crippen molar-refractivity contribution in [3.8, 4) is 0 Å². The van der Waals surface area contributed by atoms with Crippen molar-refractivity contribution in [1.29, 1.82) is 0 Å². The lowest BCUT2D eigenvalue weighted by atomic mass is 10.4. The molecule has 0 aliphatic carbocycles. The van der Waals surface area contributed by atoms with Crippen molar-refractivity contribution in [2.75, 3.05) is 27.9 Å². The maximum atomic E-state index is 11.3. The van der Waals surface area contributed by atoms with Gasteiger partial charge in [0.1, 0.15) is 16.5 Å². The molecule has 0 aromatic rings. The highest BCUT2D eigenvalue weighted by atomic mass is 35.5. The van der Waals surface area contributed by atoms with Crippen molar-refractivity contribution in [3.05, 3.63) is 22.6 Å². The van der Waals surface area contributed by atoms with Gasteiger partial charge in [0.2, 0.25) is 0 Å². The Labute approximate surface area is 181 Å². The third kappa shape index (κ3) is 15.7. The van der Waals surface area contributed by atoms with E-state index in [9.17, 15) is 9.36 Å². The van der Waals surface area contributed by atoms with E-state index in [4.69, 9.17) is 48.8 Å². The predicted molar refractivity (Wildman–Crippen MR) is 114 cm³/mol. The molecular formula is C14H27Cl2NO8P2S. The van der Waals surface area contributed by atoms with Crippen LogP contribution in [0.2, 0.25) is 0 Å². The molecule has 0 aliphatic heterocycles. The van der Waals surface area contributed by atoms with Crippen LogP contribution in [-0.2, 0) is 48.5 Å². The molecular weight excluding hydrogens is 475 g/mol. The summed E-state index contributed by atoms with van der Waals surface area (Å²) in [5, 5.41) is 2.94. The van der Waals surface area contributed by atoms with Crippen LogP contribution in [-0.4, -0.2) is 39.9 Å². The summed E-state index contributed by atoms with van der Waals surface area (Å²) in [4.78, 5) is 11.3. The fourth-order valence-corrected chi connectivity index (χ4v) is 3.84. The van der Waals surface area contributed by atoms with Crippen molar-refractivity contribution in [3.63, 3.8) is 0 Å². The zero-order valence-corrected chi connectivity index (χ0v) is 20.9. The highest BCUT2D eigenvalue weighted by molar-refractivity contribution is 8.09. The van der Waals surface area contributed by atoms with E-state index in [1.54, 1.807) is 20.8 Å². The molecule has 0 aromatic heterocycles. The molecule has 28 heavy (non-hydrogen) atoms. The molecule has 1 unspecified atom stereocenters. The van der Waals surface area contributed by atoms with Crippen LogP contribution in [0.1, 0.15) is 27.7 Å². The number of halogens is 2. The Hall–Kier alpha value is -0.150. The van der Waals surface area contributed by atoms with E-state index >= 15 is 0 Å². The number of esters is 1. The molecule has 1 N–H and O–H groups in total. The fourth-order valence-electron chi connectivity index (χ4n) is 1.24. The zero-order valence-electron chi connectivity index (χ0n) is 16.8. The van der Waals surface area contributed by atoms with Crippen molar-refractivity contribution in [2.45, 2.75) is 33.8 Å².